The van der Waals surface area contributed by atoms with Crippen molar-refractivity contribution in [1.29, 1.82) is 0 Å². The lowest BCUT2D eigenvalue weighted by Crippen LogP contribution is -2.21. The van der Waals surface area contributed by atoms with Crippen LogP contribution in [-0.4, -0.2) is 34.2 Å². The topological polar surface area (TPSA) is 52.0 Å². The Bertz CT molecular complexity index is 325. The maximum Gasteiger partial charge on any atom is 0.0964 e. The highest BCUT2D eigenvalue weighted by atomic mass is 16.5. The van der Waals surface area contributed by atoms with Gasteiger partial charge in [-0.15, -0.1) is 5.10 Å². The maximum absolute atomic E-state index is 5.59. The van der Waals surface area contributed by atoms with Gasteiger partial charge < -0.3 is 10.1 Å². The molecule has 5 heteroatoms. The monoisotopic (exact) mass is 268 g/mol. The average Bonchev–Trinajstić information content (AvgIpc) is 2.83. The van der Waals surface area contributed by atoms with E-state index in [9.17, 15) is 0 Å². The van der Waals surface area contributed by atoms with Crippen molar-refractivity contribution in [3.63, 3.8) is 0 Å². The summed E-state index contributed by atoms with van der Waals surface area (Å²) in [6.45, 7) is 9.59. The van der Waals surface area contributed by atoms with Crippen LogP contribution in [0, 0.1) is 0 Å². The van der Waals surface area contributed by atoms with Gasteiger partial charge in [0, 0.05) is 25.4 Å². The first-order valence-corrected chi connectivity index (χ1v) is 7.42. The Kier molecular flexibility index (Phi) is 8.41. The van der Waals surface area contributed by atoms with Gasteiger partial charge in [-0.3, -0.25) is 0 Å². The molecule has 1 heterocycles. The molecule has 5 nitrogen and oxygen atoms in total. The van der Waals surface area contributed by atoms with Crippen molar-refractivity contribution in [3.05, 3.63) is 11.9 Å². The van der Waals surface area contributed by atoms with E-state index in [1.165, 1.54) is 19.3 Å². The normalized spacial score (nSPS) is 11.4. The van der Waals surface area contributed by atoms with Gasteiger partial charge >= 0.3 is 0 Å². The van der Waals surface area contributed by atoms with Crippen LogP contribution in [0.15, 0.2) is 6.20 Å². The van der Waals surface area contributed by atoms with Crippen molar-refractivity contribution in [3.8, 4) is 0 Å². The zero-order valence-corrected chi connectivity index (χ0v) is 12.6. The molecule has 0 saturated carbocycles. The zero-order chi connectivity index (χ0) is 13.9. The first-order valence-electron chi connectivity index (χ1n) is 7.42. The Morgan fingerprint density at radius 3 is 2.84 bits per heavy atom. The van der Waals surface area contributed by atoms with Crippen LogP contribution in [0.5, 0.6) is 0 Å². The van der Waals surface area contributed by atoms with Crippen LogP contribution < -0.4 is 5.32 Å². The molecule has 0 aliphatic heterocycles. The van der Waals surface area contributed by atoms with E-state index in [4.69, 9.17) is 4.74 Å². The van der Waals surface area contributed by atoms with Crippen LogP contribution in [0.1, 0.15) is 52.1 Å². The molecule has 1 rings (SSSR count). The molecule has 110 valence electrons. The molecule has 0 saturated heterocycles. The van der Waals surface area contributed by atoms with Gasteiger partial charge in [-0.1, -0.05) is 45.2 Å². The van der Waals surface area contributed by atoms with E-state index in [0.717, 1.165) is 31.8 Å². The van der Waals surface area contributed by atoms with Gasteiger partial charge in [-0.05, 0) is 6.42 Å². The molecule has 19 heavy (non-hydrogen) atoms. The first kappa shape index (κ1) is 16.1. The van der Waals surface area contributed by atoms with Gasteiger partial charge in [-0.25, -0.2) is 4.68 Å². The molecule has 0 radical (unpaired) electrons. The number of nitrogens with one attached hydrogen (secondary N) is 1. The molecule has 0 amide bonds. The van der Waals surface area contributed by atoms with Crippen molar-refractivity contribution in [2.75, 3.05) is 13.2 Å². The number of aromatic nitrogens is 3. The van der Waals surface area contributed by atoms with E-state index in [1.54, 1.807) is 0 Å². The van der Waals surface area contributed by atoms with Crippen molar-refractivity contribution in [2.24, 2.45) is 0 Å². The number of hydrogen-bond acceptors (Lipinski definition) is 4. The van der Waals surface area contributed by atoms with Crippen LogP contribution in [-0.2, 0) is 17.8 Å². The fraction of sp³-hybridized carbons (Fsp3) is 0.857. The van der Waals surface area contributed by atoms with Crippen molar-refractivity contribution >= 4 is 0 Å². The molecule has 1 aromatic heterocycles. The van der Waals surface area contributed by atoms with E-state index in [2.05, 4.69) is 36.4 Å². The average molecular weight is 268 g/mol. The van der Waals surface area contributed by atoms with E-state index in [0.29, 0.717) is 12.6 Å². The quantitative estimate of drug-likeness (QED) is 0.626. The summed E-state index contributed by atoms with van der Waals surface area (Å²) in [4.78, 5) is 0. The van der Waals surface area contributed by atoms with Gasteiger partial charge in [0.2, 0.25) is 0 Å². The van der Waals surface area contributed by atoms with Crippen LogP contribution in [0.4, 0.5) is 0 Å². The summed E-state index contributed by atoms with van der Waals surface area (Å²) in [5.41, 5.74) is 0.983. The van der Waals surface area contributed by atoms with E-state index >= 15 is 0 Å². The summed E-state index contributed by atoms with van der Waals surface area (Å²) in [5.74, 6) is 0. The zero-order valence-electron chi connectivity index (χ0n) is 12.6. The highest BCUT2D eigenvalue weighted by Crippen LogP contribution is 1.99. The lowest BCUT2D eigenvalue weighted by Gasteiger charge is -2.04. The van der Waals surface area contributed by atoms with E-state index < -0.39 is 0 Å². The number of unbranched alkanes of at least 4 members (excludes halogenated alkanes) is 3. The molecule has 0 spiro atoms. The molecule has 0 bridgehead atoms. The molecule has 0 atom stereocenters. The standard InChI is InChI=1S/C14H28N4O/c1-4-5-6-7-9-19-10-8-18-12-14(16-17-18)11-15-13(2)3/h12-13,15H,4-11H2,1-3H3. The van der Waals surface area contributed by atoms with E-state index in [-0.39, 0.29) is 0 Å². The molecule has 0 aromatic carbocycles. The minimum atomic E-state index is 0.469. The first-order chi connectivity index (χ1) is 9.22. The SMILES string of the molecule is CCCCCCOCCn1cc(CNC(C)C)nn1. The smallest absolute Gasteiger partial charge is 0.0964 e. The lowest BCUT2D eigenvalue weighted by atomic mass is 10.2. The third-order valence-corrected chi connectivity index (χ3v) is 2.88. The van der Waals surface area contributed by atoms with Crippen LogP contribution in [0.3, 0.4) is 0 Å². The Morgan fingerprint density at radius 2 is 2.11 bits per heavy atom. The summed E-state index contributed by atoms with van der Waals surface area (Å²) >= 11 is 0. The van der Waals surface area contributed by atoms with E-state index in [1.807, 2.05) is 10.9 Å². The van der Waals surface area contributed by atoms with Gasteiger partial charge in [-0.2, -0.15) is 0 Å². The van der Waals surface area contributed by atoms with Crippen molar-refractivity contribution < 1.29 is 4.74 Å². The van der Waals surface area contributed by atoms with Crippen LogP contribution in [0.25, 0.3) is 0 Å². The number of rotatable bonds is 11. The number of ether oxygens (including phenoxy) is 1. The fourth-order valence-electron chi connectivity index (χ4n) is 1.73. The third kappa shape index (κ3) is 7.95. The lowest BCUT2D eigenvalue weighted by molar-refractivity contribution is 0.119. The third-order valence-electron chi connectivity index (χ3n) is 2.88. The summed E-state index contributed by atoms with van der Waals surface area (Å²) < 4.78 is 7.44. The fourth-order valence-corrected chi connectivity index (χ4v) is 1.73. The Labute approximate surface area is 116 Å². The molecular formula is C14H28N4O. The highest BCUT2D eigenvalue weighted by molar-refractivity contribution is 4.91. The van der Waals surface area contributed by atoms with Gasteiger partial charge in [0.1, 0.15) is 0 Å². The second kappa shape index (κ2) is 9.92. The van der Waals surface area contributed by atoms with Crippen molar-refractivity contribution in [1.82, 2.24) is 20.3 Å². The minimum absolute atomic E-state index is 0.469. The molecule has 0 unspecified atom stereocenters. The molecular weight excluding hydrogens is 240 g/mol. The van der Waals surface area contributed by atoms with Gasteiger partial charge in [0.15, 0.2) is 0 Å². The number of hydrogen-bond donors (Lipinski definition) is 1. The van der Waals surface area contributed by atoms with Crippen LogP contribution >= 0.6 is 0 Å². The molecule has 1 N–H and O–H groups in total. The predicted molar refractivity (Wildman–Crippen MR) is 77.0 cm³/mol. The van der Waals surface area contributed by atoms with Gasteiger partial charge in [0.05, 0.1) is 18.8 Å². The van der Waals surface area contributed by atoms with Crippen LogP contribution in [0.2, 0.25) is 0 Å². The summed E-state index contributed by atoms with van der Waals surface area (Å²) in [6.07, 6.45) is 6.99. The molecule has 0 aliphatic carbocycles. The highest BCUT2D eigenvalue weighted by Gasteiger charge is 2.01. The summed E-state index contributed by atoms with van der Waals surface area (Å²) in [5, 5.41) is 11.5. The minimum Gasteiger partial charge on any atom is -0.380 e. The number of nitrogens with zero attached hydrogens (tertiary/aromatic N) is 3. The maximum atomic E-state index is 5.59. The predicted octanol–water partition coefficient (Wildman–Crippen LogP) is 2.37. The van der Waals surface area contributed by atoms with Crippen molar-refractivity contribution in [2.45, 2.75) is 65.6 Å². The summed E-state index contributed by atoms with van der Waals surface area (Å²) in [6, 6.07) is 0.469. The second-order valence-electron chi connectivity index (χ2n) is 5.18. The molecule has 0 aliphatic rings. The molecule has 1 aromatic rings. The second-order valence-corrected chi connectivity index (χ2v) is 5.18. The Hall–Kier alpha value is -0.940. The largest absolute Gasteiger partial charge is 0.380 e. The van der Waals surface area contributed by atoms with Gasteiger partial charge in [0.25, 0.3) is 0 Å². The Morgan fingerprint density at radius 1 is 1.26 bits per heavy atom. The molecule has 0 fully saturated rings. The summed E-state index contributed by atoms with van der Waals surface area (Å²) in [7, 11) is 0. The Balaban J connectivity index is 2.06.